The molecule has 1 aromatic carbocycles. The van der Waals surface area contributed by atoms with Gasteiger partial charge in [0, 0.05) is 22.0 Å². The first-order chi connectivity index (χ1) is 15.8. The molecular weight excluding hydrogens is 502 g/mol. The summed E-state index contributed by atoms with van der Waals surface area (Å²) in [6.45, 7) is 24.2. The number of nitrogens with zero attached hydrogens (tertiary/aromatic N) is 1. The molecule has 1 amide bonds. The van der Waals surface area contributed by atoms with Crippen LogP contribution in [0.3, 0.4) is 0 Å². The Morgan fingerprint density at radius 2 is 1.74 bits per heavy atom. The van der Waals surface area contributed by atoms with Gasteiger partial charge in [-0.1, -0.05) is 50.5 Å². The van der Waals surface area contributed by atoms with Gasteiger partial charge in [-0.25, -0.2) is 4.79 Å². The summed E-state index contributed by atoms with van der Waals surface area (Å²) >= 11 is 3.62. The van der Waals surface area contributed by atoms with Gasteiger partial charge in [-0.15, -0.1) is 0 Å². The Bertz CT molecular complexity index is 945. The number of amides is 1. The highest BCUT2D eigenvalue weighted by molar-refractivity contribution is 9.10. The van der Waals surface area contributed by atoms with Crippen LogP contribution < -0.4 is 4.74 Å². The zero-order valence-corrected chi connectivity index (χ0v) is 25.6. The zero-order chi connectivity index (χ0) is 26.6. The predicted octanol–water partition coefficient (Wildman–Crippen LogP) is 8.79. The van der Waals surface area contributed by atoms with E-state index in [0.29, 0.717) is 5.92 Å². The standard InChI is InChI=1S/C30H48BrNO3/c1-12-30(11)28(7,8)18-21(24-16-20-15-22(31)13-14-23(20)34-24)17-27(5,6)19-29(9,10)32(30)25(33)35-26(2,3)4/h13-15,21,24H,12,16-19H2,1-11H3. The molecule has 0 aliphatic carbocycles. The van der Waals surface area contributed by atoms with Crippen molar-refractivity contribution in [2.75, 3.05) is 0 Å². The van der Waals surface area contributed by atoms with Gasteiger partial charge in [0.25, 0.3) is 0 Å². The number of hydrogen-bond acceptors (Lipinski definition) is 3. The van der Waals surface area contributed by atoms with Crippen molar-refractivity contribution in [1.29, 1.82) is 0 Å². The van der Waals surface area contributed by atoms with Gasteiger partial charge in [-0.2, -0.15) is 0 Å². The van der Waals surface area contributed by atoms with Crippen molar-refractivity contribution in [3.63, 3.8) is 0 Å². The van der Waals surface area contributed by atoms with Gasteiger partial charge in [0.05, 0.1) is 0 Å². The first-order valence-corrected chi connectivity index (χ1v) is 14.1. The van der Waals surface area contributed by atoms with Gasteiger partial charge in [0.1, 0.15) is 17.5 Å². The quantitative estimate of drug-likeness (QED) is 0.369. The maximum absolute atomic E-state index is 13.9. The molecule has 3 unspecified atom stereocenters. The number of carbonyl (C=O) groups is 1. The molecular formula is C30H48BrNO3. The van der Waals surface area contributed by atoms with Crippen molar-refractivity contribution in [3.05, 3.63) is 28.2 Å². The summed E-state index contributed by atoms with van der Waals surface area (Å²) in [5, 5.41) is 0. The predicted molar refractivity (Wildman–Crippen MR) is 148 cm³/mol. The van der Waals surface area contributed by atoms with Crippen molar-refractivity contribution in [2.45, 2.75) is 131 Å². The molecule has 1 aromatic rings. The third-order valence-corrected chi connectivity index (χ3v) is 9.06. The van der Waals surface area contributed by atoms with Crippen LogP contribution in [-0.2, 0) is 11.2 Å². The first-order valence-electron chi connectivity index (χ1n) is 13.3. The van der Waals surface area contributed by atoms with Crippen LogP contribution in [0.4, 0.5) is 4.79 Å². The van der Waals surface area contributed by atoms with Crippen LogP contribution in [0.5, 0.6) is 5.75 Å². The fourth-order valence-corrected chi connectivity index (χ4v) is 7.52. The summed E-state index contributed by atoms with van der Waals surface area (Å²) in [7, 11) is 0. The number of carbonyl (C=O) groups excluding carboxylic acids is 1. The number of hydrogen-bond donors (Lipinski definition) is 0. The Hall–Kier alpha value is -1.23. The molecule has 2 aliphatic rings. The molecule has 2 heterocycles. The minimum Gasteiger partial charge on any atom is -0.490 e. The lowest BCUT2D eigenvalue weighted by molar-refractivity contribution is -0.0853. The van der Waals surface area contributed by atoms with E-state index < -0.39 is 5.60 Å². The molecule has 2 aliphatic heterocycles. The number of benzene rings is 1. The molecule has 3 rings (SSSR count). The number of halogens is 1. The van der Waals surface area contributed by atoms with Crippen LogP contribution in [-0.4, -0.2) is 33.8 Å². The van der Waals surface area contributed by atoms with Gasteiger partial charge in [0.15, 0.2) is 0 Å². The summed E-state index contributed by atoms with van der Waals surface area (Å²) in [5.74, 6) is 1.40. The van der Waals surface area contributed by atoms with E-state index in [1.165, 1.54) is 5.56 Å². The second-order valence-corrected chi connectivity index (χ2v) is 15.2. The normalized spacial score (nSPS) is 29.9. The molecule has 0 N–H and O–H groups in total. The van der Waals surface area contributed by atoms with Crippen LogP contribution in [0, 0.1) is 16.7 Å². The second kappa shape index (κ2) is 9.26. The van der Waals surface area contributed by atoms with Gasteiger partial charge >= 0.3 is 6.09 Å². The van der Waals surface area contributed by atoms with Gasteiger partial charge in [-0.3, -0.25) is 4.90 Å². The maximum Gasteiger partial charge on any atom is 0.411 e. The molecule has 0 radical (unpaired) electrons. The Morgan fingerprint density at radius 3 is 2.31 bits per heavy atom. The molecule has 1 saturated heterocycles. The van der Waals surface area contributed by atoms with E-state index in [0.717, 1.165) is 42.3 Å². The molecule has 0 saturated carbocycles. The summed E-state index contributed by atoms with van der Waals surface area (Å²) < 4.78 is 13.7. The molecule has 4 nitrogen and oxygen atoms in total. The van der Waals surface area contributed by atoms with E-state index in [4.69, 9.17) is 9.47 Å². The Morgan fingerprint density at radius 1 is 1.11 bits per heavy atom. The highest BCUT2D eigenvalue weighted by atomic mass is 79.9. The third-order valence-electron chi connectivity index (χ3n) is 8.57. The number of fused-ring (bicyclic) bond motifs is 1. The van der Waals surface area contributed by atoms with E-state index in [1.807, 2.05) is 20.8 Å². The molecule has 0 spiro atoms. The zero-order valence-electron chi connectivity index (χ0n) is 24.0. The minimum absolute atomic E-state index is 0.0300. The molecule has 1 fully saturated rings. The average molecular weight is 551 g/mol. The molecule has 0 bridgehead atoms. The second-order valence-electron chi connectivity index (χ2n) is 14.3. The average Bonchev–Trinajstić information content (AvgIpc) is 3.07. The molecule has 3 atom stereocenters. The minimum atomic E-state index is -0.541. The molecule has 5 heteroatoms. The fourth-order valence-electron chi connectivity index (χ4n) is 7.11. The van der Waals surface area contributed by atoms with E-state index in [2.05, 4.69) is 94.4 Å². The van der Waals surface area contributed by atoms with E-state index >= 15 is 0 Å². The summed E-state index contributed by atoms with van der Waals surface area (Å²) in [6.07, 6.45) is 4.67. The fraction of sp³-hybridized carbons (Fsp3) is 0.767. The number of ether oxygens (including phenoxy) is 2. The Kier molecular flexibility index (Phi) is 7.50. The highest BCUT2D eigenvalue weighted by Crippen LogP contribution is 2.53. The van der Waals surface area contributed by atoms with Gasteiger partial charge in [0.2, 0.25) is 0 Å². The van der Waals surface area contributed by atoms with Crippen LogP contribution in [0.2, 0.25) is 0 Å². The topological polar surface area (TPSA) is 38.8 Å². The maximum atomic E-state index is 13.9. The lowest BCUT2D eigenvalue weighted by Gasteiger charge is -2.57. The number of rotatable bonds is 2. The molecule has 35 heavy (non-hydrogen) atoms. The van der Waals surface area contributed by atoms with E-state index in [1.54, 1.807) is 0 Å². The smallest absolute Gasteiger partial charge is 0.411 e. The first kappa shape index (κ1) is 28.3. The van der Waals surface area contributed by atoms with Crippen molar-refractivity contribution < 1.29 is 14.3 Å². The Labute approximate surface area is 222 Å². The van der Waals surface area contributed by atoms with Crippen molar-refractivity contribution in [2.24, 2.45) is 16.7 Å². The molecule has 198 valence electrons. The Balaban J connectivity index is 2.06. The van der Waals surface area contributed by atoms with Crippen LogP contribution >= 0.6 is 15.9 Å². The lowest BCUT2D eigenvalue weighted by atomic mass is 9.64. The summed E-state index contributed by atoms with van der Waals surface area (Å²) in [5.41, 5.74) is -0.130. The largest absolute Gasteiger partial charge is 0.490 e. The van der Waals surface area contributed by atoms with Crippen LogP contribution in [0.1, 0.15) is 107 Å². The van der Waals surface area contributed by atoms with Crippen LogP contribution in [0.25, 0.3) is 0 Å². The van der Waals surface area contributed by atoms with Crippen molar-refractivity contribution >= 4 is 22.0 Å². The van der Waals surface area contributed by atoms with Crippen molar-refractivity contribution in [1.82, 2.24) is 4.90 Å². The lowest BCUT2D eigenvalue weighted by Crippen LogP contribution is -2.66. The van der Waals surface area contributed by atoms with Crippen molar-refractivity contribution in [3.8, 4) is 5.75 Å². The highest BCUT2D eigenvalue weighted by Gasteiger charge is 2.56. The van der Waals surface area contributed by atoms with E-state index in [-0.39, 0.29) is 34.1 Å². The summed E-state index contributed by atoms with van der Waals surface area (Å²) in [4.78, 5) is 16.0. The summed E-state index contributed by atoms with van der Waals surface area (Å²) in [6, 6.07) is 6.35. The SMILES string of the molecule is CCC1(C)N(C(=O)OC(C)(C)C)C(C)(C)CC(C)(C)CC(C2Cc3cc(Br)ccc3O2)CC1(C)C. The third kappa shape index (κ3) is 5.86. The molecule has 0 aromatic heterocycles. The van der Waals surface area contributed by atoms with Gasteiger partial charge < -0.3 is 9.47 Å². The van der Waals surface area contributed by atoms with Gasteiger partial charge in [-0.05, 0) is 108 Å². The van der Waals surface area contributed by atoms with Crippen LogP contribution in [0.15, 0.2) is 22.7 Å². The monoisotopic (exact) mass is 549 g/mol. The van der Waals surface area contributed by atoms with E-state index in [9.17, 15) is 4.79 Å².